The van der Waals surface area contributed by atoms with Crippen LogP contribution in [0, 0.1) is 5.92 Å². The molecule has 2 heterocycles. The maximum absolute atomic E-state index is 11.5. The van der Waals surface area contributed by atoms with Gasteiger partial charge in [0, 0.05) is 12.6 Å². The fourth-order valence-electron chi connectivity index (χ4n) is 2.28. The van der Waals surface area contributed by atoms with Gasteiger partial charge in [0.25, 0.3) is 0 Å². The SMILES string of the molecule is CC(C1CCNC1)N1CCCOC1=O. The zero-order valence-electron chi connectivity index (χ0n) is 8.66. The highest BCUT2D eigenvalue weighted by molar-refractivity contribution is 5.68. The lowest BCUT2D eigenvalue weighted by Gasteiger charge is -2.34. The number of amides is 1. The van der Waals surface area contributed by atoms with Crippen LogP contribution in [0.25, 0.3) is 0 Å². The molecule has 2 unspecified atom stereocenters. The van der Waals surface area contributed by atoms with E-state index in [9.17, 15) is 4.79 Å². The maximum atomic E-state index is 11.5. The third kappa shape index (κ3) is 1.85. The molecule has 0 aromatic rings. The second-order valence-corrected chi connectivity index (χ2v) is 4.15. The number of carbonyl (C=O) groups is 1. The average Bonchev–Trinajstić information content (AvgIpc) is 2.70. The highest BCUT2D eigenvalue weighted by atomic mass is 16.6. The molecule has 2 saturated heterocycles. The first-order chi connectivity index (χ1) is 6.79. The lowest BCUT2D eigenvalue weighted by atomic mass is 9.99. The van der Waals surface area contributed by atoms with Gasteiger partial charge in [-0.3, -0.25) is 0 Å². The number of ether oxygens (including phenoxy) is 1. The number of carbonyl (C=O) groups excluding carboxylic acids is 1. The van der Waals surface area contributed by atoms with Gasteiger partial charge >= 0.3 is 6.09 Å². The molecule has 0 bridgehead atoms. The van der Waals surface area contributed by atoms with Gasteiger partial charge < -0.3 is 15.0 Å². The summed E-state index contributed by atoms with van der Waals surface area (Å²) in [5.41, 5.74) is 0. The Balaban J connectivity index is 1.94. The summed E-state index contributed by atoms with van der Waals surface area (Å²) in [7, 11) is 0. The van der Waals surface area contributed by atoms with Gasteiger partial charge in [0.1, 0.15) is 0 Å². The minimum atomic E-state index is -0.129. The van der Waals surface area contributed by atoms with E-state index >= 15 is 0 Å². The second-order valence-electron chi connectivity index (χ2n) is 4.15. The largest absolute Gasteiger partial charge is 0.449 e. The van der Waals surface area contributed by atoms with Gasteiger partial charge in [0.05, 0.1) is 6.61 Å². The monoisotopic (exact) mass is 198 g/mol. The molecule has 2 aliphatic heterocycles. The molecule has 0 saturated carbocycles. The fourth-order valence-corrected chi connectivity index (χ4v) is 2.28. The molecule has 2 atom stereocenters. The van der Waals surface area contributed by atoms with E-state index < -0.39 is 0 Å². The fraction of sp³-hybridized carbons (Fsp3) is 0.900. The minimum Gasteiger partial charge on any atom is -0.449 e. The van der Waals surface area contributed by atoms with Crippen LogP contribution in [0.1, 0.15) is 19.8 Å². The second kappa shape index (κ2) is 4.17. The van der Waals surface area contributed by atoms with Crippen molar-refractivity contribution >= 4 is 6.09 Å². The van der Waals surface area contributed by atoms with E-state index in [-0.39, 0.29) is 6.09 Å². The average molecular weight is 198 g/mol. The van der Waals surface area contributed by atoms with Crippen LogP contribution in [0.5, 0.6) is 0 Å². The molecule has 0 aliphatic carbocycles. The predicted molar refractivity (Wildman–Crippen MR) is 53.1 cm³/mol. The first-order valence-electron chi connectivity index (χ1n) is 5.43. The summed E-state index contributed by atoms with van der Waals surface area (Å²) in [5, 5.41) is 3.33. The van der Waals surface area contributed by atoms with E-state index in [1.54, 1.807) is 0 Å². The first kappa shape index (κ1) is 9.77. The van der Waals surface area contributed by atoms with Crippen molar-refractivity contribution in [3.8, 4) is 0 Å². The molecule has 4 nitrogen and oxygen atoms in total. The van der Waals surface area contributed by atoms with Gasteiger partial charge in [-0.1, -0.05) is 0 Å². The zero-order valence-corrected chi connectivity index (χ0v) is 8.66. The van der Waals surface area contributed by atoms with Gasteiger partial charge in [-0.2, -0.15) is 0 Å². The van der Waals surface area contributed by atoms with Crippen molar-refractivity contribution in [1.29, 1.82) is 0 Å². The van der Waals surface area contributed by atoms with E-state index in [0.29, 0.717) is 18.6 Å². The summed E-state index contributed by atoms with van der Waals surface area (Å²) in [4.78, 5) is 13.4. The summed E-state index contributed by atoms with van der Waals surface area (Å²) < 4.78 is 5.04. The molecular formula is C10H18N2O2. The maximum Gasteiger partial charge on any atom is 0.410 e. The molecule has 1 amide bonds. The van der Waals surface area contributed by atoms with E-state index in [0.717, 1.165) is 26.1 Å². The normalized spacial score (nSPS) is 30.2. The van der Waals surface area contributed by atoms with E-state index in [1.807, 2.05) is 4.90 Å². The number of rotatable bonds is 2. The first-order valence-corrected chi connectivity index (χ1v) is 5.43. The van der Waals surface area contributed by atoms with Crippen LogP contribution in [-0.4, -0.2) is 43.3 Å². The van der Waals surface area contributed by atoms with Crippen LogP contribution in [0.15, 0.2) is 0 Å². The third-order valence-electron chi connectivity index (χ3n) is 3.28. The van der Waals surface area contributed by atoms with Gasteiger partial charge in [0.15, 0.2) is 0 Å². The lowest BCUT2D eigenvalue weighted by Crippen LogP contribution is -2.47. The Morgan fingerprint density at radius 2 is 2.50 bits per heavy atom. The standard InChI is InChI=1S/C10H18N2O2/c1-8(9-3-4-11-7-9)12-5-2-6-14-10(12)13/h8-9,11H,2-7H2,1H3. The van der Waals surface area contributed by atoms with Crippen LogP contribution in [0.2, 0.25) is 0 Å². The van der Waals surface area contributed by atoms with Crippen molar-refractivity contribution < 1.29 is 9.53 Å². The summed E-state index contributed by atoms with van der Waals surface area (Å²) >= 11 is 0. The molecule has 2 aliphatic rings. The van der Waals surface area contributed by atoms with E-state index in [2.05, 4.69) is 12.2 Å². The Morgan fingerprint density at radius 3 is 3.14 bits per heavy atom. The molecule has 4 heteroatoms. The summed E-state index contributed by atoms with van der Waals surface area (Å²) in [6, 6.07) is 0.317. The molecule has 2 rings (SSSR count). The number of cyclic esters (lactones) is 1. The quantitative estimate of drug-likeness (QED) is 0.714. The Bertz CT molecular complexity index is 214. The van der Waals surface area contributed by atoms with Crippen molar-refractivity contribution in [2.24, 2.45) is 5.92 Å². The third-order valence-corrected chi connectivity index (χ3v) is 3.28. The van der Waals surface area contributed by atoms with Gasteiger partial charge in [0.2, 0.25) is 0 Å². The van der Waals surface area contributed by atoms with Crippen LogP contribution in [-0.2, 0) is 4.74 Å². The minimum absolute atomic E-state index is 0.129. The molecule has 14 heavy (non-hydrogen) atoms. The summed E-state index contributed by atoms with van der Waals surface area (Å²) in [6.45, 7) is 5.69. The number of nitrogens with zero attached hydrogens (tertiary/aromatic N) is 1. The summed E-state index contributed by atoms with van der Waals surface area (Å²) in [5.74, 6) is 0.598. The molecule has 0 spiro atoms. The van der Waals surface area contributed by atoms with Crippen molar-refractivity contribution in [2.75, 3.05) is 26.2 Å². The van der Waals surface area contributed by atoms with Crippen LogP contribution in [0.4, 0.5) is 4.79 Å². The molecular weight excluding hydrogens is 180 g/mol. The molecule has 0 aromatic heterocycles. The van der Waals surface area contributed by atoms with Crippen LogP contribution in [0.3, 0.4) is 0 Å². The molecule has 0 radical (unpaired) electrons. The molecule has 2 fully saturated rings. The topological polar surface area (TPSA) is 41.6 Å². The number of hydrogen-bond acceptors (Lipinski definition) is 3. The van der Waals surface area contributed by atoms with E-state index in [4.69, 9.17) is 4.74 Å². The van der Waals surface area contributed by atoms with Crippen LogP contribution >= 0.6 is 0 Å². The number of hydrogen-bond donors (Lipinski definition) is 1. The predicted octanol–water partition coefficient (Wildman–Crippen LogP) is 0.827. The molecule has 0 aromatic carbocycles. The van der Waals surface area contributed by atoms with Crippen molar-refractivity contribution in [1.82, 2.24) is 10.2 Å². The zero-order chi connectivity index (χ0) is 9.97. The highest BCUT2D eigenvalue weighted by Gasteiger charge is 2.31. The lowest BCUT2D eigenvalue weighted by molar-refractivity contribution is 0.0478. The number of nitrogens with one attached hydrogen (secondary N) is 1. The summed E-state index contributed by atoms with van der Waals surface area (Å²) in [6.07, 6.45) is 2.01. The smallest absolute Gasteiger partial charge is 0.410 e. The van der Waals surface area contributed by atoms with E-state index in [1.165, 1.54) is 6.42 Å². The Kier molecular flexibility index (Phi) is 2.91. The van der Waals surface area contributed by atoms with Crippen molar-refractivity contribution in [3.05, 3.63) is 0 Å². The van der Waals surface area contributed by atoms with Crippen LogP contribution < -0.4 is 5.32 Å². The van der Waals surface area contributed by atoms with Crippen molar-refractivity contribution in [3.63, 3.8) is 0 Å². The molecule has 1 N–H and O–H groups in total. The Labute approximate surface area is 84.6 Å². The van der Waals surface area contributed by atoms with Gasteiger partial charge in [-0.15, -0.1) is 0 Å². The Hall–Kier alpha value is -0.770. The molecule has 80 valence electrons. The van der Waals surface area contributed by atoms with Crippen molar-refractivity contribution in [2.45, 2.75) is 25.8 Å². The van der Waals surface area contributed by atoms with Gasteiger partial charge in [-0.25, -0.2) is 4.79 Å². The Morgan fingerprint density at radius 1 is 1.64 bits per heavy atom. The highest BCUT2D eigenvalue weighted by Crippen LogP contribution is 2.20. The van der Waals surface area contributed by atoms with Gasteiger partial charge in [-0.05, 0) is 38.8 Å².